The third-order valence-electron chi connectivity index (χ3n) is 5.68. The molecule has 0 radical (unpaired) electrons. The highest BCUT2D eigenvalue weighted by Crippen LogP contribution is 2.27. The maximum Gasteiger partial charge on any atom is 0.276 e. The first-order chi connectivity index (χ1) is 15.1. The first-order valence-corrected chi connectivity index (χ1v) is 11.0. The predicted octanol–water partition coefficient (Wildman–Crippen LogP) is 3.59. The van der Waals surface area contributed by atoms with Gasteiger partial charge >= 0.3 is 0 Å². The van der Waals surface area contributed by atoms with Gasteiger partial charge in [0.05, 0.1) is 0 Å². The predicted molar refractivity (Wildman–Crippen MR) is 119 cm³/mol. The molecule has 0 saturated carbocycles. The van der Waals surface area contributed by atoms with Gasteiger partial charge < -0.3 is 9.88 Å². The maximum atomic E-state index is 12.9. The third-order valence-corrected chi connectivity index (χ3v) is 5.68. The fourth-order valence-electron chi connectivity index (χ4n) is 3.82. The lowest BCUT2D eigenvalue weighted by Crippen LogP contribution is -2.26. The van der Waals surface area contributed by atoms with Crippen molar-refractivity contribution >= 4 is 11.6 Å². The number of carbonyl (C=O) groups excluding carboxylic acids is 1. The molecule has 2 aromatic heterocycles. The number of aryl methyl sites for hydroxylation is 3. The summed E-state index contributed by atoms with van der Waals surface area (Å²) in [6.45, 7) is 5.41. The van der Waals surface area contributed by atoms with Gasteiger partial charge in [-0.05, 0) is 43.9 Å². The summed E-state index contributed by atoms with van der Waals surface area (Å²) >= 11 is 0. The van der Waals surface area contributed by atoms with Crippen LogP contribution in [0.15, 0.2) is 35.1 Å². The molecule has 4 rings (SSSR count). The summed E-state index contributed by atoms with van der Waals surface area (Å²) in [4.78, 5) is 24.8. The van der Waals surface area contributed by atoms with Crippen LogP contribution < -0.4 is 10.9 Å². The van der Waals surface area contributed by atoms with Crippen LogP contribution in [-0.2, 0) is 19.5 Å². The van der Waals surface area contributed by atoms with Gasteiger partial charge in [-0.2, -0.15) is 5.10 Å². The van der Waals surface area contributed by atoms with Crippen LogP contribution in [0.4, 0.5) is 5.69 Å². The van der Waals surface area contributed by atoms with Crippen LogP contribution in [0.5, 0.6) is 0 Å². The molecule has 1 aromatic carbocycles. The number of nitrogens with zero attached hydrogens (tertiary/aromatic N) is 5. The average Bonchev–Trinajstić information content (AvgIpc) is 3.02. The Hall–Kier alpha value is -3.29. The number of aromatic nitrogens is 5. The van der Waals surface area contributed by atoms with E-state index >= 15 is 0 Å². The van der Waals surface area contributed by atoms with Crippen LogP contribution in [0.25, 0.3) is 11.4 Å². The number of fused-ring (bicyclic) bond motifs is 1. The molecule has 3 aromatic rings. The summed E-state index contributed by atoms with van der Waals surface area (Å²) in [6.07, 6.45) is 6.19. The fourth-order valence-corrected chi connectivity index (χ4v) is 3.82. The molecule has 0 aliphatic carbocycles. The molecule has 0 unspecified atom stereocenters. The van der Waals surface area contributed by atoms with Crippen LogP contribution in [0.3, 0.4) is 0 Å². The van der Waals surface area contributed by atoms with Crippen LogP contribution in [0, 0.1) is 6.92 Å². The van der Waals surface area contributed by atoms with E-state index in [-0.39, 0.29) is 17.2 Å². The molecule has 0 bridgehead atoms. The van der Waals surface area contributed by atoms with Crippen molar-refractivity contribution in [3.63, 3.8) is 0 Å². The Morgan fingerprint density at radius 2 is 2.00 bits per heavy atom. The SMILES string of the molecule is CCCCn1nc(C(=O)Nc2cc(-c3nnc4n3CCCCC4)ccc2C)ccc1=O. The zero-order valence-electron chi connectivity index (χ0n) is 18.1. The quantitative estimate of drug-likeness (QED) is 0.658. The zero-order chi connectivity index (χ0) is 21.8. The first kappa shape index (κ1) is 21.0. The molecular formula is C23H28N6O2. The molecular weight excluding hydrogens is 392 g/mol. The van der Waals surface area contributed by atoms with Crippen molar-refractivity contribution in [1.29, 1.82) is 0 Å². The summed E-state index contributed by atoms with van der Waals surface area (Å²) in [5.74, 6) is 1.52. The molecule has 8 nitrogen and oxygen atoms in total. The van der Waals surface area contributed by atoms with Crippen LogP contribution >= 0.6 is 0 Å². The van der Waals surface area contributed by atoms with E-state index in [1.807, 2.05) is 32.0 Å². The molecule has 1 amide bonds. The van der Waals surface area contributed by atoms with Crippen LogP contribution in [0.2, 0.25) is 0 Å². The van der Waals surface area contributed by atoms with Crippen molar-refractivity contribution in [1.82, 2.24) is 24.5 Å². The average molecular weight is 421 g/mol. The minimum atomic E-state index is -0.342. The molecule has 3 heterocycles. The highest BCUT2D eigenvalue weighted by Gasteiger charge is 2.18. The zero-order valence-corrected chi connectivity index (χ0v) is 18.1. The highest BCUT2D eigenvalue weighted by molar-refractivity contribution is 6.03. The van der Waals surface area contributed by atoms with E-state index in [2.05, 4.69) is 25.2 Å². The number of hydrogen-bond acceptors (Lipinski definition) is 5. The molecule has 0 saturated heterocycles. The fraction of sp³-hybridized carbons (Fsp3) is 0.435. The molecule has 162 valence electrons. The standard InChI is InChI=1S/C23H28N6O2/c1-3-4-14-29-21(30)12-11-18(27-29)23(31)24-19-15-17(10-9-16(19)2)22-26-25-20-8-6-5-7-13-28(20)22/h9-12,15H,3-8,13-14H2,1-2H3,(H,24,31). The van der Waals surface area contributed by atoms with E-state index in [4.69, 9.17) is 0 Å². The van der Waals surface area contributed by atoms with Gasteiger partial charge in [0.1, 0.15) is 11.5 Å². The van der Waals surface area contributed by atoms with E-state index in [1.165, 1.54) is 23.2 Å². The Bertz CT molecular complexity index is 1150. The van der Waals surface area contributed by atoms with Gasteiger partial charge in [-0.1, -0.05) is 31.9 Å². The van der Waals surface area contributed by atoms with E-state index in [1.54, 1.807) is 0 Å². The smallest absolute Gasteiger partial charge is 0.276 e. The largest absolute Gasteiger partial charge is 0.320 e. The number of rotatable bonds is 6. The van der Waals surface area contributed by atoms with E-state index in [9.17, 15) is 9.59 Å². The lowest BCUT2D eigenvalue weighted by atomic mass is 10.1. The minimum absolute atomic E-state index is 0.198. The number of nitrogens with one attached hydrogen (secondary N) is 1. The summed E-state index contributed by atoms with van der Waals surface area (Å²) < 4.78 is 3.54. The lowest BCUT2D eigenvalue weighted by molar-refractivity contribution is 0.101. The number of hydrogen-bond donors (Lipinski definition) is 1. The minimum Gasteiger partial charge on any atom is -0.320 e. The van der Waals surface area contributed by atoms with Gasteiger partial charge in [0.2, 0.25) is 0 Å². The highest BCUT2D eigenvalue weighted by atomic mass is 16.2. The summed E-state index contributed by atoms with van der Waals surface area (Å²) in [7, 11) is 0. The molecule has 1 aliphatic heterocycles. The normalized spacial score (nSPS) is 13.5. The molecule has 31 heavy (non-hydrogen) atoms. The number of amides is 1. The molecule has 0 atom stereocenters. The van der Waals surface area contributed by atoms with Crippen molar-refractivity contribution in [3.8, 4) is 11.4 Å². The number of unbranched alkanes of at least 4 members (excludes halogenated alkanes) is 1. The van der Waals surface area contributed by atoms with E-state index in [0.717, 1.165) is 61.4 Å². The second-order valence-electron chi connectivity index (χ2n) is 8.02. The Morgan fingerprint density at radius 3 is 2.84 bits per heavy atom. The Balaban J connectivity index is 1.59. The van der Waals surface area contributed by atoms with Crippen molar-refractivity contribution in [2.75, 3.05) is 5.32 Å². The first-order valence-electron chi connectivity index (χ1n) is 11.0. The molecule has 0 fully saturated rings. The van der Waals surface area contributed by atoms with Gasteiger partial charge in [0, 0.05) is 36.8 Å². The van der Waals surface area contributed by atoms with Gasteiger partial charge in [0.15, 0.2) is 5.82 Å². The van der Waals surface area contributed by atoms with Crippen molar-refractivity contribution in [3.05, 3.63) is 57.8 Å². The molecule has 8 heteroatoms. The molecule has 0 spiro atoms. The van der Waals surface area contributed by atoms with Crippen LogP contribution in [0.1, 0.15) is 60.9 Å². The van der Waals surface area contributed by atoms with Gasteiger partial charge in [-0.15, -0.1) is 10.2 Å². The Kier molecular flexibility index (Phi) is 6.25. The second-order valence-corrected chi connectivity index (χ2v) is 8.02. The maximum absolute atomic E-state index is 12.9. The molecule has 1 aliphatic rings. The summed E-state index contributed by atoms with van der Waals surface area (Å²) in [5, 5.41) is 16.0. The van der Waals surface area contributed by atoms with Crippen molar-refractivity contribution in [2.24, 2.45) is 0 Å². The van der Waals surface area contributed by atoms with E-state index < -0.39 is 0 Å². The molecule has 1 N–H and O–H groups in total. The number of anilines is 1. The van der Waals surface area contributed by atoms with Crippen LogP contribution in [-0.4, -0.2) is 30.5 Å². The Labute approximate surface area is 181 Å². The number of benzene rings is 1. The Morgan fingerprint density at radius 1 is 1.13 bits per heavy atom. The summed E-state index contributed by atoms with van der Waals surface area (Å²) in [5.41, 5.74) is 2.57. The summed E-state index contributed by atoms with van der Waals surface area (Å²) in [6, 6.07) is 8.78. The van der Waals surface area contributed by atoms with E-state index in [0.29, 0.717) is 12.2 Å². The topological polar surface area (TPSA) is 94.7 Å². The number of carbonyl (C=O) groups is 1. The second kappa shape index (κ2) is 9.24. The monoisotopic (exact) mass is 420 g/mol. The van der Waals surface area contributed by atoms with Crippen molar-refractivity contribution < 1.29 is 4.79 Å². The third kappa shape index (κ3) is 4.57. The lowest BCUT2D eigenvalue weighted by Gasteiger charge is -2.12. The van der Waals surface area contributed by atoms with Gasteiger partial charge in [-0.25, -0.2) is 4.68 Å². The van der Waals surface area contributed by atoms with Crippen molar-refractivity contribution in [2.45, 2.75) is 65.5 Å². The van der Waals surface area contributed by atoms with Gasteiger partial charge in [0.25, 0.3) is 11.5 Å². The van der Waals surface area contributed by atoms with Gasteiger partial charge in [-0.3, -0.25) is 9.59 Å².